The van der Waals surface area contributed by atoms with Crippen molar-refractivity contribution in [1.29, 1.82) is 0 Å². The first kappa shape index (κ1) is 15.3. The van der Waals surface area contributed by atoms with Crippen molar-refractivity contribution in [2.24, 2.45) is 0 Å². The fraction of sp³-hybridized carbons (Fsp3) is 0.0526. The average Bonchev–Trinajstić information content (AvgIpc) is 2.63. The highest BCUT2D eigenvalue weighted by Crippen LogP contribution is 2.21. The van der Waals surface area contributed by atoms with E-state index in [1.165, 1.54) is 0 Å². The molecule has 116 valence electrons. The van der Waals surface area contributed by atoms with E-state index in [2.05, 4.69) is 16.9 Å². The molecule has 1 N–H and O–H groups in total. The Morgan fingerprint density at radius 3 is 2.00 bits per heavy atom. The van der Waals surface area contributed by atoms with Crippen molar-refractivity contribution < 1.29 is 8.95 Å². The summed E-state index contributed by atoms with van der Waals surface area (Å²) in [7, 11) is 0.321. The molecule has 0 aliphatic heterocycles. The third-order valence-corrected chi connectivity index (χ3v) is 4.60. The topological polar surface area (TPSA) is 38.3 Å². The molecule has 4 heteroatoms. The second kappa shape index (κ2) is 7.11. The van der Waals surface area contributed by atoms with Crippen LogP contribution in [0.2, 0.25) is 0 Å². The predicted molar refractivity (Wildman–Crippen MR) is 94.9 cm³/mol. The summed E-state index contributed by atoms with van der Waals surface area (Å²) in [4.78, 5) is 0.737. The normalized spacial score (nSPS) is 11.7. The zero-order valence-corrected chi connectivity index (χ0v) is 13.5. The molecular formula is C19H17NO2S. The van der Waals surface area contributed by atoms with E-state index in [9.17, 15) is 4.21 Å². The van der Waals surface area contributed by atoms with Crippen LogP contribution in [0.15, 0.2) is 83.8 Å². The van der Waals surface area contributed by atoms with Gasteiger partial charge >= 0.3 is 0 Å². The Kier molecular flexibility index (Phi) is 4.74. The van der Waals surface area contributed by atoms with Crippen LogP contribution in [0.5, 0.6) is 5.75 Å². The van der Waals surface area contributed by atoms with Gasteiger partial charge < -0.3 is 9.46 Å². The summed E-state index contributed by atoms with van der Waals surface area (Å²) in [6, 6.07) is 25.2. The number of benzene rings is 3. The third-order valence-electron chi connectivity index (χ3n) is 3.48. The molecule has 3 nitrogen and oxygen atoms in total. The second-order valence-corrected chi connectivity index (χ2v) is 6.20. The second-order valence-electron chi connectivity index (χ2n) is 4.99. The molecule has 3 rings (SSSR count). The van der Waals surface area contributed by atoms with Gasteiger partial charge in [-0.2, -0.15) is 0 Å². The van der Waals surface area contributed by atoms with Gasteiger partial charge in [-0.15, -0.1) is 0 Å². The van der Waals surface area contributed by atoms with Crippen LogP contribution in [0.3, 0.4) is 0 Å². The zero-order valence-electron chi connectivity index (χ0n) is 12.7. The van der Waals surface area contributed by atoms with Crippen LogP contribution in [0.1, 0.15) is 0 Å². The smallest absolute Gasteiger partial charge is 0.150 e. The minimum atomic E-state index is -1.30. The van der Waals surface area contributed by atoms with Crippen molar-refractivity contribution in [2.75, 3.05) is 11.8 Å². The van der Waals surface area contributed by atoms with Crippen molar-refractivity contribution in [3.05, 3.63) is 78.9 Å². The maximum atomic E-state index is 12.4. The Hall–Kier alpha value is -2.59. The highest BCUT2D eigenvalue weighted by Gasteiger charge is 2.05. The number of anilines is 1. The molecule has 0 aromatic heterocycles. The number of methoxy groups -OCH3 is 1. The van der Waals surface area contributed by atoms with Crippen molar-refractivity contribution >= 4 is 16.7 Å². The van der Waals surface area contributed by atoms with Gasteiger partial charge in [-0.1, -0.05) is 42.5 Å². The monoisotopic (exact) mass is 323 g/mol. The molecule has 0 aliphatic rings. The van der Waals surface area contributed by atoms with Crippen molar-refractivity contribution in [3.8, 4) is 16.9 Å². The van der Waals surface area contributed by atoms with E-state index >= 15 is 0 Å². The molecule has 0 radical (unpaired) electrons. The van der Waals surface area contributed by atoms with Gasteiger partial charge in [0.05, 0.1) is 12.0 Å². The fourth-order valence-electron chi connectivity index (χ4n) is 2.23. The molecule has 0 fully saturated rings. The molecular weight excluding hydrogens is 306 g/mol. The molecule has 0 saturated heterocycles. The molecule has 0 amide bonds. The standard InChI is InChI=1S/C19H17NO2S/c1-22-18-11-9-17(10-12-18)20-23(21)19-13-7-16(8-14-19)15-5-3-2-4-6-15/h2-14,20H,1H3. The number of rotatable bonds is 5. The minimum Gasteiger partial charge on any atom is -0.497 e. The van der Waals surface area contributed by atoms with E-state index in [0.717, 1.165) is 27.5 Å². The maximum Gasteiger partial charge on any atom is 0.150 e. The molecule has 0 aliphatic carbocycles. The van der Waals surface area contributed by atoms with Crippen LogP contribution < -0.4 is 9.46 Å². The summed E-state index contributed by atoms with van der Waals surface area (Å²) in [6.45, 7) is 0. The molecule has 3 aromatic carbocycles. The van der Waals surface area contributed by atoms with E-state index in [4.69, 9.17) is 4.74 Å². The molecule has 0 heterocycles. The third kappa shape index (κ3) is 3.79. The molecule has 0 saturated carbocycles. The van der Waals surface area contributed by atoms with Crippen molar-refractivity contribution in [2.45, 2.75) is 4.90 Å². The SMILES string of the molecule is COc1ccc(NS(=O)c2ccc(-c3ccccc3)cc2)cc1. The fourth-order valence-corrected chi connectivity index (χ4v) is 3.08. The Bertz CT molecular complexity index is 784. The van der Waals surface area contributed by atoms with Crippen LogP contribution in [0.4, 0.5) is 5.69 Å². The summed E-state index contributed by atoms with van der Waals surface area (Å²) in [5.41, 5.74) is 3.04. The molecule has 23 heavy (non-hydrogen) atoms. The van der Waals surface area contributed by atoms with E-state index < -0.39 is 11.0 Å². The van der Waals surface area contributed by atoms with Gasteiger partial charge in [-0.25, -0.2) is 4.21 Å². The van der Waals surface area contributed by atoms with Crippen LogP contribution in [0, 0.1) is 0 Å². The zero-order chi connectivity index (χ0) is 16.1. The Balaban J connectivity index is 1.72. The highest BCUT2D eigenvalue weighted by atomic mass is 32.2. The Morgan fingerprint density at radius 2 is 1.39 bits per heavy atom. The molecule has 1 atom stereocenters. The Morgan fingerprint density at radius 1 is 0.783 bits per heavy atom. The summed E-state index contributed by atoms with van der Waals surface area (Å²) in [5, 5.41) is 0. The van der Waals surface area contributed by atoms with Crippen molar-refractivity contribution in [3.63, 3.8) is 0 Å². The van der Waals surface area contributed by atoms with Gasteiger partial charge in [-0.05, 0) is 47.5 Å². The first-order valence-corrected chi connectivity index (χ1v) is 8.39. The molecule has 1 unspecified atom stereocenters. The predicted octanol–water partition coefficient (Wildman–Crippen LogP) is 4.50. The highest BCUT2D eigenvalue weighted by molar-refractivity contribution is 7.86. The van der Waals surface area contributed by atoms with Gasteiger partial charge in [0.25, 0.3) is 0 Å². The van der Waals surface area contributed by atoms with E-state index in [0.29, 0.717) is 0 Å². The van der Waals surface area contributed by atoms with Crippen LogP contribution in [-0.2, 0) is 11.0 Å². The minimum absolute atomic E-state index is 0.737. The van der Waals surface area contributed by atoms with E-state index in [-0.39, 0.29) is 0 Å². The molecule has 0 bridgehead atoms. The lowest BCUT2D eigenvalue weighted by atomic mass is 10.1. The van der Waals surface area contributed by atoms with Gasteiger partial charge in [0, 0.05) is 5.69 Å². The largest absolute Gasteiger partial charge is 0.497 e. The number of nitrogens with one attached hydrogen (secondary N) is 1. The van der Waals surface area contributed by atoms with Gasteiger partial charge in [0.15, 0.2) is 0 Å². The lowest BCUT2D eigenvalue weighted by Crippen LogP contribution is -2.04. The van der Waals surface area contributed by atoms with Crippen LogP contribution in [0.25, 0.3) is 11.1 Å². The molecule has 0 spiro atoms. The molecule has 3 aromatic rings. The van der Waals surface area contributed by atoms with Crippen LogP contribution in [-0.4, -0.2) is 11.3 Å². The summed E-state index contributed by atoms with van der Waals surface area (Å²) >= 11 is 0. The Labute approximate surface area is 138 Å². The summed E-state index contributed by atoms with van der Waals surface area (Å²) in [6.07, 6.45) is 0. The lowest BCUT2D eigenvalue weighted by molar-refractivity contribution is 0.415. The number of hydrogen-bond acceptors (Lipinski definition) is 2. The quantitative estimate of drug-likeness (QED) is 0.751. The number of ether oxygens (including phenoxy) is 1. The van der Waals surface area contributed by atoms with Gasteiger partial charge in [-0.3, -0.25) is 0 Å². The first-order chi connectivity index (χ1) is 11.3. The van der Waals surface area contributed by atoms with Gasteiger partial charge in [0.1, 0.15) is 16.7 Å². The lowest BCUT2D eigenvalue weighted by Gasteiger charge is -2.08. The first-order valence-electron chi connectivity index (χ1n) is 7.24. The number of hydrogen-bond donors (Lipinski definition) is 1. The van der Waals surface area contributed by atoms with Gasteiger partial charge in [0.2, 0.25) is 0 Å². The van der Waals surface area contributed by atoms with E-state index in [1.807, 2.05) is 66.7 Å². The van der Waals surface area contributed by atoms with Crippen LogP contribution >= 0.6 is 0 Å². The summed E-state index contributed by atoms with van der Waals surface area (Å²) < 4.78 is 20.5. The average molecular weight is 323 g/mol. The maximum absolute atomic E-state index is 12.4. The van der Waals surface area contributed by atoms with Crippen molar-refractivity contribution in [1.82, 2.24) is 0 Å². The summed E-state index contributed by atoms with van der Waals surface area (Å²) in [5.74, 6) is 0.772. The van der Waals surface area contributed by atoms with E-state index in [1.54, 1.807) is 7.11 Å².